The maximum atomic E-state index is 12.7. The zero-order chi connectivity index (χ0) is 17.0. The minimum absolute atomic E-state index is 0.126. The Bertz CT molecular complexity index is 579. The third-order valence-corrected chi connectivity index (χ3v) is 4.10. The largest absolute Gasteiger partial charge is 0.356 e. The Hall–Kier alpha value is -1.63. The van der Waals surface area contributed by atoms with Crippen LogP contribution in [0, 0.1) is 0 Å². The van der Waals surface area contributed by atoms with Gasteiger partial charge in [0.1, 0.15) is 6.61 Å². The van der Waals surface area contributed by atoms with Crippen LogP contribution >= 0.6 is 11.6 Å². The van der Waals surface area contributed by atoms with Crippen molar-refractivity contribution in [2.45, 2.75) is 12.1 Å². The molecule has 1 heterocycles. The standard InChI is InChI=1S/C16H22ClN3O3/c1-19(2)8-9-20(3)16(22)15-14(18-13(21)10-23-15)11-6-4-5-7-12(11)17/h4-7,14-15H,8-10H2,1-3H3,(H,18,21)/t14-,15+/m1/s1. The van der Waals surface area contributed by atoms with Crippen LogP contribution in [0.5, 0.6) is 0 Å². The van der Waals surface area contributed by atoms with Crippen molar-refractivity contribution in [2.75, 3.05) is 40.8 Å². The van der Waals surface area contributed by atoms with Crippen molar-refractivity contribution >= 4 is 23.4 Å². The molecule has 2 rings (SSSR count). The maximum Gasteiger partial charge on any atom is 0.254 e. The molecule has 0 radical (unpaired) electrons. The topological polar surface area (TPSA) is 61.9 Å². The van der Waals surface area contributed by atoms with Gasteiger partial charge < -0.3 is 19.9 Å². The Morgan fingerprint density at radius 2 is 2.00 bits per heavy atom. The van der Waals surface area contributed by atoms with Crippen LogP contribution in [0.25, 0.3) is 0 Å². The molecule has 1 aromatic carbocycles. The van der Waals surface area contributed by atoms with Gasteiger partial charge in [-0.05, 0) is 25.7 Å². The number of likely N-dealkylation sites (N-methyl/N-ethyl adjacent to an activating group) is 2. The van der Waals surface area contributed by atoms with Crippen molar-refractivity contribution in [3.8, 4) is 0 Å². The number of hydrogen-bond donors (Lipinski definition) is 1. The van der Waals surface area contributed by atoms with Crippen molar-refractivity contribution in [3.63, 3.8) is 0 Å². The molecule has 0 saturated carbocycles. The predicted molar refractivity (Wildman–Crippen MR) is 88.3 cm³/mol. The van der Waals surface area contributed by atoms with E-state index in [-0.39, 0.29) is 18.4 Å². The monoisotopic (exact) mass is 339 g/mol. The maximum absolute atomic E-state index is 12.7. The summed E-state index contributed by atoms with van der Waals surface area (Å²) in [5.74, 6) is -0.424. The van der Waals surface area contributed by atoms with Crippen molar-refractivity contribution in [1.29, 1.82) is 0 Å². The molecule has 1 aromatic rings. The molecule has 1 aliphatic heterocycles. The van der Waals surface area contributed by atoms with Crippen molar-refractivity contribution in [1.82, 2.24) is 15.1 Å². The van der Waals surface area contributed by atoms with Gasteiger partial charge in [0.25, 0.3) is 5.91 Å². The zero-order valence-corrected chi connectivity index (χ0v) is 14.3. The fourth-order valence-electron chi connectivity index (χ4n) is 2.41. The second-order valence-electron chi connectivity index (χ2n) is 5.86. The van der Waals surface area contributed by atoms with E-state index < -0.39 is 12.1 Å². The lowest BCUT2D eigenvalue weighted by Crippen LogP contribution is -2.53. The van der Waals surface area contributed by atoms with Crippen molar-refractivity contribution in [3.05, 3.63) is 34.9 Å². The van der Waals surface area contributed by atoms with E-state index in [0.29, 0.717) is 17.1 Å². The molecule has 1 saturated heterocycles. The first-order chi connectivity index (χ1) is 10.9. The van der Waals surface area contributed by atoms with Gasteiger partial charge in [-0.2, -0.15) is 0 Å². The van der Waals surface area contributed by atoms with E-state index in [9.17, 15) is 9.59 Å². The van der Waals surface area contributed by atoms with Gasteiger partial charge in [0.15, 0.2) is 6.10 Å². The molecule has 126 valence electrons. The van der Waals surface area contributed by atoms with Gasteiger partial charge in [0.2, 0.25) is 5.91 Å². The van der Waals surface area contributed by atoms with Crippen LogP contribution in [0.15, 0.2) is 24.3 Å². The molecule has 0 spiro atoms. The lowest BCUT2D eigenvalue weighted by molar-refractivity contribution is -0.154. The second kappa shape index (κ2) is 7.77. The van der Waals surface area contributed by atoms with Gasteiger partial charge in [-0.1, -0.05) is 29.8 Å². The van der Waals surface area contributed by atoms with Crippen LogP contribution in [0.1, 0.15) is 11.6 Å². The molecule has 1 aliphatic rings. The number of carbonyl (C=O) groups is 2. The molecule has 0 unspecified atom stereocenters. The number of rotatable bonds is 5. The lowest BCUT2D eigenvalue weighted by atomic mass is 9.98. The molecule has 0 bridgehead atoms. The van der Waals surface area contributed by atoms with E-state index in [2.05, 4.69) is 5.32 Å². The highest BCUT2D eigenvalue weighted by Crippen LogP contribution is 2.29. The van der Waals surface area contributed by atoms with Crippen LogP contribution in [0.2, 0.25) is 5.02 Å². The summed E-state index contributed by atoms with van der Waals surface area (Å²) in [6, 6.07) is 6.56. The van der Waals surface area contributed by atoms with Gasteiger partial charge in [-0.3, -0.25) is 9.59 Å². The van der Waals surface area contributed by atoms with Crippen LogP contribution in [-0.2, 0) is 14.3 Å². The lowest BCUT2D eigenvalue weighted by Gasteiger charge is -2.34. The molecule has 7 heteroatoms. The number of morpholine rings is 1. The third-order valence-electron chi connectivity index (χ3n) is 3.76. The number of ether oxygens (including phenoxy) is 1. The zero-order valence-electron chi connectivity index (χ0n) is 13.6. The Balaban J connectivity index is 2.19. The first-order valence-electron chi connectivity index (χ1n) is 7.45. The predicted octanol–water partition coefficient (Wildman–Crippen LogP) is 0.916. The molecule has 2 amide bonds. The fourth-order valence-corrected chi connectivity index (χ4v) is 2.67. The van der Waals surface area contributed by atoms with E-state index in [1.165, 1.54) is 0 Å². The first kappa shape index (κ1) is 17.7. The summed E-state index contributed by atoms with van der Waals surface area (Å²) in [4.78, 5) is 28.0. The Labute approximate surface area is 141 Å². The summed E-state index contributed by atoms with van der Waals surface area (Å²) in [5, 5.41) is 3.32. The van der Waals surface area contributed by atoms with Gasteiger partial charge in [-0.15, -0.1) is 0 Å². The average molecular weight is 340 g/mol. The van der Waals surface area contributed by atoms with E-state index >= 15 is 0 Å². The highest BCUT2D eigenvalue weighted by Gasteiger charge is 2.38. The molecule has 23 heavy (non-hydrogen) atoms. The Kier molecular flexibility index (Phi) is 5.98. The highest BCUT2D eigenvalue weighted by atomic mass is 35.5. The number of amides is 2. The molecule has 1 fully saturated rings. The summed E-state index contributed by atoms with van der Waals surface area (Å²) in [6.07, 6.45) is -0.778. The minimum atomic E-state index is -0.778. The van der Waals surface area contributed by atoms with Crippen LogP contribution in [0.3, 0.4) is 0 Å². The molecule has 2 atom stereocenters. The SMILES string of the molecule is CN(C)CCN(C)C(=O)[C@H]1OCC(=O)N[C@@H]1c1ccccc1Cl. The van der Waals surface area contributed by atoms with E-state index in [4.69, 9.17) is 16.3 Å². The summed E-state index contributed by atoms with van der Waals surface area (Å²) in [6.45, 7) is 1.20. The quantitative estimate of drug-likeness (QED) is 0.866. The summed E-state index contributed by atoms with van der Waals surface area (Å²) in [5.41, 5.74) is 0.682. The second-order valence-corrected chi connectivity index (χ2v) is 6.27. The van der Waals surface area contributed by atoms with Gasteiger partial charge in [0.05, 0.1) is 6.04 Å². The van der Waals surface area contributed by atoms with Crippen LogP contribution in [0.4, 0.5) is 0 Å². The van der Waals surface area contributed by atoms with E-state index in [0.717, 1.165) is 6.54 Å². The highest BCUT2D eigenvalue weighted by molar-refractivity contribution is 6.31. The summed E-state index contributed by atoms with van der Waals surface area (Å²) < 4.78 is 5.53. The van der Waals surface area contributed by atoms with Gasteiger partial charge >= 0.3 is 0 Å². The van der Waals surface area contributed by atoms with Gasteiger partial charge in [0, 0.05) is 25.2 Å². The van der Waals surface area contributed by atoms with Crippen molar-refractivity contribution in [2.24, 2.45) is 0 Å². The van der Waals surface area contributed by atoms with Crippen LogP contribution < -0.4 is 5.32 Å². The smallest absolute Gasteiger partial charge is 0.254 e. The molecule has 0 aliphatic carbocycles. The number of benzene rings is 1. The van der Waals surface area contributed by atoms with Crippen molar-refractivity contribution < 1.29 is 14.3 Å². The molecule has 1 N–H and O–H groups in total. The number of nitrogens with zero attached hydrogens (tertiary/aromatic N) is 2. The summed E-state index contributed by atoms with van der Waals surface area (Å²) in [7, 11) is 5.62. The normalized spacial score (nSPS) is 21.2. The Morgan fingerprint density at radius 3 is 2.65 bits per heavy atom. The number of halogens is 1. The third kappa shape index (κ3) is 4.43. The summed E-state index contributed by atoms with van der Waals surface area (Å²) >= 11 is 6.22. The molecule has 0 aromatic heterocycles. The van der Waals surface area contributed by atoms with E-state index in [1.54, 1.807) is 30.1 Å². The van der Waals surface area contributed by atoms with E-state index in [1.807, 2.05) is 25.1 Å². The Morgan fingerprint density at radius 1 is 1.30 bits per heavy atom. The minimum Gasteiger partial charge on any atom is -0.356 e. The number of hydrogen-bond acceptors (Lipinski definition) is 4. The molecular formula is C16H22ClN3O3. The average Bonchev–Trinajstić information content (AvgIpc) is 2.52. The van der Waals surface area contributed by atoms with Crippen LogP contribution in [-0.4, -0.2) is 68.6 Å². The fraction of sp³-hybridized carbons (Fsp3) is 0.500. The number of nitrogens with one attached hydrogen (secondary N) is 1. The first-order valence-corrected chi connectivity index (χ1v) is 7.83. The number of carbonyl (C=O) groups excluding carboxylic acids is 2. The molecule has 6 nitrogen and oxygen atoms in total. The van der Waals surface area contributed by atoms with Gasteiger partial charge in [-0.25, -0.2) is 0 Å². The molecular weight excluding hydrogens is 318 g/mol.